The molecule has 0 unspecified atom stereocenters. The molecule has 156 valence electrons. The Labute approximate surface area is 173 Å². The Morgan fingerprint density at radius 1 is 1.20 bits per heavy atom. The highest BCUT2D eigenvalue weighted by Gasteiger charge is 2.55. The largest absolute Gasteiger partial charge is 0.468 e. The molecule has 2 amide bonds. The van der Waals surface area contributed by atoms with Gasteiger partial charge in [-0.1, -0.05) is 18.2 Å². The third-order valence-electron chi connectivity index (χ3n) is 6.00. The lowest BCUT2D eigenvalue weighted by atomic mass is 9.73. The van der Waals surface area contributed by atoms with Gasteiger partial charge in [-0.3, -0.25) is 9.59 Å². The Kier molecular flexibility index (Phi) is 4.32. The van der Waals surface area contributed by atoms with Crippen LogP contribution in [0, 0.1) is 5.92 Å². The molecular formula is C22H22N2O6. The summed E-state index contributed by atoms with van der Waals surface area (Å²) in [5.74, 6) is -0.177. The van der Waals surface area contributed by atoms with E-state index in [2.05, 4.69) is 5.32 Å². The smallest absolute Gasteiger partial charge is 0.238 e. The predicted molar refractivity (Wildman–Crippen MR) is 106 cm³/mol. The van der Waals surface area contributed by atoms with Crippen LogP contribution < -0.4 is 19.5 Å². The minimum Gasteiger partial charge on any atom is -0.468 e. The van der Waals surface area contributed by atoms with Crippen molar-refractivity contribution in [3.05, 3.63) is 48.0 Å². The van der Waals surface area contributed by atoms with E-state index in [0.717, 1.165) is 5.56 Å². The maximum absolute atomic E-state index is 13.4. The van der Waals surface area contributed by atoms with Crippen LogP contribution in [0.25, 0.3) is 0 Å². The van der Waals surface area contributed by atoms with E-state index in [-0.39, 0.29) is 31.8 Å². The van der Waals surface area contributed by atoms with Crippen molar-refractivity contribution < 1.29 is 28.9 Å². The lowest BCUT2D eigenvalue weighted by molar-refractivity contribution is -0.176. The number of hydrogen-bond acceptors (Lipinski definition) is 6. The van der Waals surface area contributed by atoms with Crippen molar-refractivity contribution in [1.82, 2.24) is 4.90 Å². The fourth-order valence-electron chi connectivity index (χ4n) is 4.65. The molecule has 1 saturated heterocycles. The summed E-state index contributed by atoms with van der Waals surface area (Å²) in [6.45, 7) is 1.85. The standard InChI is InChI=1S/C22H22N2O6/c1-22-11-15(14-4-2-3-5-16(14)30-22)19(21(27)24(22)8-9-25)20(26)23-13-6-7-17-18(10-13)29-12-28-17/h2-7,10,15,19,25H,8-9,11-12H2,1H3,(H,23,26)/t15-,19-,22+/m1/s1. The zero-order valence-electron chi connectivity index (χ0n) is 16.5. The Morgan fingerprint density at radius 3 is 2.83 bits per heavy atom. The molecule has 0 aromatic heterocycles. The maximum atomic E-state index is 13.4. The Bertz CT molecular complexity index is 1020. The SMILES string of the molecule is C[C@@]12C[C@H](c3ccccc3O1)[C@H](C(=O)Nc1ccc3c(c1)OCO3)C(=O)N2CCO. The van der Waals surface area contributed by atoms with Crippen LogP contribution in [0.1, 0.15) is 24.8 Å². The molecule has 0 saturated carbocycles. The number of nitrogens with one attached hydrogen (secondary N) is 1. The molecule has 3 aliphatic rings. The summed E-state index contributed by atoms with van der Waals surface area (Å²) >= 11 is 0. The molecule has 3 heterocycles. The molecule has 2 aromatic rings. The normalized spacial score (nSPS) is 26.1. The number of aliphatic hydroxyl groups excluding tert-OH is 1. The molecule has 0 aliphatic carbocycles. The molecule has 2 N–H and O–H groups in total. The van der Waals surface area contributed by atoms with Gasteiger partial charge in [-0.2, -0.15) is 0 Å². The van der Waals surface area contributed by atoms with Crippen LogP contribution in [0.5, 0.6) is 17.2 Å². The first-order chi connectivity index (χ1) is 14.5. The fraction of sp³-hybridized carbons (Fsp3) is 0.364. The van der Waals surface area contributed by atoms with Gasteiger partial charge in [0.1, 0.15) is 11.7 Å². The summed E-state index contributed by atoms with van der Waals surface area (Å²) in [6, 6.07) is 12.6. The van der Waals surface area contributed by atoms with Crippen molar-refractivity contribution in [3.8, 4) is 17.2 Å². The highest BCUT2D eigenvalue weighted by Crippen LogP contribution is 2.50. The van der Waals surface area contributed by atoms with Gasteiger partial charge < -0.3 is 29.5 Å². The minimum absolute atomic E-state index is 0.0953. The number of piperidine rings is 1. The molecule has 2 bridgehead atoms. The van der Waals surface area contributed by atoms with Crippen molar-refractivity contribution in [1.29, 1.82) is 0 Å². The zero-order valence-corrected chi connectivity index (χ0v) is 16.5. The number of carbonyl (C=O) groups excluding carboxylic acids is 2. The van der Waals surface area contributed by atoms with Crippen LogP contribution in [-0.4, -0.2) is 47.5 Å². The minimum atomic E-state index is -0.930. The summed E-state index contributed by atoms with van der Waals surface area (Å²) in [6.07, 6.45) is 0.467. The predicted octanol–water partition coefficient (Wildman–Crippen LogP) is 2.09. The van der Waals surface area contributed by atoms with Crippen LogP contribution in [0.2, 0.25) is 0 Å². The van der Waals surface area contributed by atoms with E-state index in [0.29, 0.717) is 29.4 Å². The number of para-hydroxylation sites is 1. The lowest BCUT2D eigenvalue weighted by Gasteiger charge is -2.52. The number of hydrogen-bond donors (Lipinski definition) is 2. The number of amides is 2. The van der Waals surface area contributed by atoms with E-state index in [1.54, 1.807) is 18.2 Å². The van der Waals surface area contributed by atoms with E-state index in [4.69, 9.17) is 14.2 Å². The first-order valence-electron chi connectivity index (χ1n) is 9.91. The number of rotatable bonds is 4. The molecule has 0 radical (unpaired) electrons. The number of carbonyl (C=O) groups is 2. The molecule has 5 rings (SSSR count). The number of ether oxygens (including phenoxy) is 3. The second kappa shape index (κ2) is 6.91. The quantitative estimate of drug-likeness (QED) is 0.750. The molecule has 1 fully saturated rings. The Balaban J connectivity index is 1.50. The number of likely N-dealkylation sites (tertiary alicyclic amines) is 1. The highest BCUT2D eigenvalue weighted by molar-refractivity contribution is 6.08. The van der Waals surface area contributed by atoms with Crippen molar-refractivity contribution >= 4 is 17.5 Å². The van der Waals surface area contributed by atoms with Crippen molar-refractivity contribution in [2.45, 2.75) is 25.0 Å². The molecule has 3 atom stereocenters. The van der Waals surface area contributed by atoms with Crippen LogP contribution in [0.15, 0.2) is 42.5 Å². The number of anilines is 1. The van der Waals surface area contributed by atoms with Gasteiger partial charge in [-0.05, 0) is 30.7 Å². The average molecular weight is 410 g/mol. The Hall–Kier alpha value is -3.26. The third kappa shape index (κ3) is 2.87. The van der Waals surface area contributed by atoms with Crippen molar-refractivity contribution in [2.75, 3.05) is 25.3 Å². The lowest BCUT2D eigenvalue weighted by Crippen LogP contribution is -2.64. The third-order valence-corrected chi connectivity index (χ3v) is 6.00. The molecule has 2 aromatic carbocycles. The van der Waals surface area contributed by atoms with Gasteiger partial charge in [-0.15, -0.1) is 0 Å². The first kappa shape index (κ1) is 18.7. The van der Waals surface area contributed by atoms with E-state index < -0.39 is 17.6 Å². The number of fused-ring (bicyclic) bond motifs is 5. The van der Waals surface area contributed by atoms with E-state index >= 15 is 0 Å². The molecule has 30 heavy (non-hydrogen) atoms. The number of benzene rings is 2. The van der Waals surface area contributed by atoms with Crippen LogP contribution in [0.4, 0.5) is 5.69 Å². The second-order valence-electron chi connectivity index (χ2n) is 7.87. The average Bonchev–Trinajstić information content (AvgIpc) is 3.19. The van der Waals surface area contributed by atoms with Gasteiger partial charge in [0.05, 0.1) is 6.61 Å². The van der Waals surface area contributed by atoms with Gasteiger partial charge in [0, 0.05) is 30.6 Å². The molecule has 3 aliphatic heterocycles. The molecule has 0 spiro atoms. The first-order valence-corrected chi connectivity index (χ1v) is 9.91. The second-order valence-corrected chi connectivity index (χ2v) is 7.87. The van der Waals surface area contributed by atoms with Crippen molar-refractivity contribution in [3.63, 3.8) is 0 Å². The van der Waals surface area contributed by atoms with E-state index in [1.807, 2.05) is 31.2 Å². The van der Waals surface area contributed by atoms with Gasteiger partial charge in [0.15, 0.2) is 17.2 Å². The van der Waals surface area contributed by atoms with Crippen molar-refractivity contribution in [2.24, 2.45) is 5.92 Å². The van der Waals surface area contributed by atoms with Crippen LogP contribution >= 0.6 is 0 Å². The Morgan fingerprint density at radius 2 is 2.00 bits per heavy atom. The van der Waals surface area contributed by atoms with E-state index in [9.17, 15) is 14.7 Å². The van der Waals surface area contributed by atoms with Gasteiger partial charge in [-0.25, -0.2) is 0 Å². The topological polar surface area (TPSA) is 97.3 Å². The number of aliphatic hydroxyl groups is 1. The van der Waals surface area contributed by atoms with Gasteiger partial charge >= 0.3 is 0 Å². The number of β-amino-alcohol motifs (C(OH)–C–C–N with tert-alkyl or cyclic N) is 1. The van der Waals surface area contributed by atoms with Crippen LogP contribution in [0.3, 0.4) is 0 Å². The molecule has 8 heteroatoms. The van der Waals surface area contributed by atoms with Gasteiger partial charge in [0.2, 0.25) is 18.6 Å². The summed E-state index contributed by atoms with van der Waals surface area (Å²) in [5, 5.41) is 12.4. The van der Waals surface area contributed by atoms with Gasteiger partial charge in [0.25, 0.3) is 0 Å². The fourth-order valence-corrected chi connectivity index (χ4v) is 4.65. The zero-order chi connectivity index (χ0) is 20.9. The number of nitrogens with zero attached hydrogens (tertiary/aromatic N) is 1. The van der Waals surface area contributed by atoms with E-state index in [1.165, 1.54) is 4.90 Å². The molecular weight excluding hydrogens is 388 g/mol. The summed E-state index contributed by atoms with van der Waals surface area (Å²) in [4.78, 5) is 28.2. The highest BCUT2D eigenvalue weighted by atomic mass is 16.7. The summed E-state index contributed by atoms with van der Waals surface area (Å²) in [7, 11) is 0. The summed E-state index contributed by atoms with van der Waals surface area (Å²) in [5.41, 5.74) is 0.464. The van der Waals surface area contributed by atoms with Crippen LogP contribution in [-0.2, 0) is 9.59 Å². The maximum Gasteiger partial charge on any atom is 0.238 e. The monoisotopic (exact) mass is 410 g/mol. The summed E-state index contributed by atoms with van der Waals surface area (Å²) < 4.78 is 16.8. The molecule has 8 nitrogen and oxygen atoms in total.